The van der Waals surface area contributed by atoms with Gasteiger partial charge in [-0.1, -0.05) is 0 Å². The molecule has 3 heterocycles. The van der Waals surface area contributed by atoms with E-state index in [0.29, 0.717) is 24.2 Å². The van der Waals surface area contributed by atoms with Crippen molar-refractivity contribution in [2.45, 2.75) is 31.6 Å². The monoisotopic (exact) mass is 340 g/mol. The van der Waals surface area contributed by atoms with E-state index in [0.717, 1.165) is 25.0 Å². The third-order valence-corrected chi connectivity index (χ3v) is 5.51. The largest absolute Gasteiger partial charge is 0.297 e. The van der Waals surface area contributed by atoms with Gasteiger partial charge in [0, 0.05) is 36.3 Å². The van der Waals surface area contributed by atoms with Crippen molar-refractivity contribution in [2.75, 3.05) is 12.8 Å². The lowest BCUT2D eigenvalue weighted by atomic mass is 10.1. The quantitative estimate of drug-likeness (QED) is 0.817. The fraction of sp³-hybridized carbons (Fsp3) is 0.462. The third kappa shape index (κ3) is 2.96. The van der Waals surface area contributed by atoms with Crippen molar-refractivity contribution in [3.63, 3.8) is 0 Å². The summed E-state index contributed by atoms with van der Waals surface area (Å²) in [4.78, 5) is 26.1. The van der Waals surface area contributed by atoms with Gasteiger partial charge in [0.1, 0.15) is 0 Å². The van der Waals surface area contributed by atoms with Gasteiger partial charge in [0.25, 0.3) is 5.56 Å². The molecule has 0 radical (unpaired) electrons. The molecule has 0 saturated heterocycles. The highest BCUT2D eigenvalue weighted by atomic mass is 32.2. The molecule has 1 N–H and O–H groups in total. The van der Waals surface area contributed by atoms with Crippen LogP contribution in [0.5, 0.6) is 0 Å². The van der Waals surface area contributed by atoms with E-state index in [2.05, 4.69) is 19.9 Å². The molecule has 3 rings (SSSR count). The SMILES string of the molecule is Cc1ncsc1CN1CCc2c(nc(S(C)(=O)=O)[nH]c2=O)C1. The Morgan fingerprint density at radius 2 is 2.23 bits per heavy atom. The molecule has 7 nitrogen and oxygen atoms in total. The lowest BCUT2D eigenvalue weighted by molar-refractivity contribution is 0.240. The molecule has 1 aliphatic rings. The number of hydrogen-bond acceptors (Lipinski definition) is 7. The standard InChI is InChI=1S/C13H16N4O3S2/c1-8-11(21-7-14-8)6-17-4-3-9-10(5-17)15-13(16-12(9)18)22(2,19)20/h7H,3-6H2,1-2H3,(H,15,16,18). The van der Waals surface area contributed by atoms with Gasteiger partial charge < -0.3 is 0 Å². The molecule has 0 aromatic carbocycles. The minimum atomic E-state index is -3.53. The van der Waals surface area contributed by atoms with Gasteiger partial charge in [-0.25, -0.2) is 18.4 Å². The maximum absolute atomic E-state index is 12.0. The number of H-pyrrole nitrogens is 1. The van der Waals surface area contributed by atoms with Crippen molar-refractivity contribution in [1.29, 1.82) is 0 Å². The van der Waals surface area contributed by atoms with E-state index in [1.165, 1.54) is 4.88 Å². The Morgan fingerprint density at radius 1 is 1.45 bits per heavy atom. The Balaban J connectivity index is 1.90. The van der Waals surface area contributed by atoms with Crippen LogP contribution in [0.15, 0.2) is 15.5 Å². The number of aromatic amines is 1. The maximum atomic E-state index is 12.0. The fourth-order valence-corrected chi connectivity index (χ4v) is 3.84. The predicted molar refractivity (Wildman–Crippen MR) is 82.6 cm³/mol. The number of thiazole rings is 1. The van der Waals surface area contributed by atoms with E-state index in [4.69, 9.17) is 0 Å². The molecule has 2 aromatic rings. The second kappa shape index (κ2) is 5.56. The van der Waals surface area contributed by atoms with Crippen LogP contribution in [0.2, 0.25) is 0 Å². The topological polar surface area (TPSA) is 96.0 Å². The van der Waals surface area contributed by atoms with Crippen molar-refractivity contribution in [3.8, 4) is 0 Å². The van der Waals surface area contributed by atoms with Gasteiger partial charge in [-0.3, -0.25) is 14.7 Å². The fourth-order valence-electron chi connectivity index (χ4n) is 2.46. The maximum Gasteiger partial charge on any atom is 0.255 e. The van der Waals surface area contributed by atoms with Crippen molar-refractivity contribution in [3.05, 3.63) is 37.7 Å². The Labute approximate surface area is 132 Å². The Morgan fingerprint density at radius 3 is 2.86 bits per heavy atom. The molecule has 0 unspecified atom stereocenters. The smallest absolute Gasteiger partial charge is 0.255 e. The second-order valence-corrected chi connectivity index (χ2v) is 8.26. The number of aromatic nitrogens is 3. The van der Waals surface area contributed by atoms with Crippen LogP contribution in [-0.4, -0.2) is 41.1 Å². The second-order valence-electron chi connectivity index (χ2n) is 5.39. The highest BCUT2D eigenvalue weighted by Gasteiger charge is 2.24. The molecule has 0 spiro atoms. The van der Waals surface area contributed by atoms with Crippen LogP contribution in [0.25, 0.3) is 0 Å². The number of aryl methyl sites for hydroxylation is 1. The molecule has 2 aromatic heterocycles. The summed E-state index contributed by atoms with van der Waals surface area (Å²) in [6.07, 6.45) is 1.61. The zero-order valence-electron chi connectivity index (χ0n) is 12.3. The van der Waals surface area contributed by atoms with Crippen molar-refractivity contribution < 1.29 is 8.42 Å². The van der Waals surface area contributed by atoms with Gasteiger partial charge in [0.2, 0.25) is 15.0 Å². The zero-order valence-corrected chi connectivity index (χ0v) is 13.9. The van der Waals surface area contributed by atoms with Gasteiger partial charge in [0.05, 0.1) is 16.9 Å². The van der Waals surface area contributed by atoms with Crippen LogP contribution >= 0.6 is 11.3 Å². The van der Waals surface area contributed by atoms with Crippen LogP contribution in [0, 0.1) is 6.92 Å². The zero-order chi connectivity index (χ0) is 15.9. The highest BCUT2D eigenvalue weighted by molar-refractivity contribution is 7.90. The minimum Gasteiger partial charge on any atom is -0.297 e. The number of nitrogens with one attached hydrogen (secondary N) is 1. The minimum absolute atomic E-state index is 0.257. The number of sulfone groups is 1. The van der Waals surface area contributed by atoms with E-state index in [1.807, 2.05) is 12.4 Å². The van der Waals surface area contributed by atoms with Gasteiger partial charge in [-0.05, 0) is 13.3 Å². The Kier molecular flexibility index (Phi) is 3.87. The summed E-state index contributed by atoms with van der Waals surface area (Å²) in [5, 5.41) is -0.257. The molecule has 0 amide bonds. The summed E-state index contributed by atoms with van der Waals surface area (Å²) in [5.74, 6) is 0. The summed E-state index contributed by atoms with van der Waals surface area (Å²) in [7, 11) is -3.53. The van der Waals surface area contributed by atoms with Gasteiger partial charge >= 0.3 is 0 Å². The molecule has 22 heavy (non-hydrogen) atoms. The first-order valence-electron chi connectivity index (χ1n) is 6.78. The molecule has 0 fully saturated rings. The van der Waals surface area contributed by atoms with Crippen LogP contribution in [0.1, 0.15) is 21.8 Å². The van der Waals surface area contributed by atoms with Gasteiger partial charge in [-0.2, -0.15) is 0 Å². The number of rotatable bonds is 3. The first-order valence-corrected chi connectivity index (χ1v) is 9.55. The normalized spacial score (nSPS) is 15.7. The van der Waals surface area contributed by atoms with Crippen molar-refractivity contribution in [1.82, 2.24) is 19.9 Å². The number of hydrogen-bond donors (Lipinski definition) is 1. The molecular weight excluding hydrogens is 324 g/mol. The van der Waals surface area contributed by atoms with Crippen LogP contribution in [0.3, 0.4) is 0 Å². The summed E-state index contributed by atoms with van der Waals surface area (Å²) in [5.41, 5.74) is 3.61. The van der Waals surface area contributed by atoms with Crippen LogP contribution < -0.4 is 5.56 Å². The molecule has 0 bridgehead atoms. The Hall–Kier alpha value is -1.58. The van der Waals surface area contributed by atoms with Crippen molar-refractivity contribution in [2.24, 2.45) is 0 Å². The first-order chi connectivity index (χ1) is 10.3. The molecule has 0 aliphatic carbocycles. The predicted octanol–water partition coefficient (Wildman–Crippen LogP) is 0.497. The van der Waals surface area contributed by atoms with E-state index in [9.17, 15) is 13.2 Å². The Bertz CT molecular complexity index is 870. The van der Waals surface area contributed by atoms with E-state index in [1.54, 1.807) is 11.3 Å². The number of nitrogens with zero attached hydrogens (tertiary/aromatic N) is 3. The lowest BCUT2D eigenvalue weighted by Crippen LogP contribution is -2.35. The highest BCUT2D eigenvalue weighted by Crippen LogP contribution is 2.20. The third-order valence-electron chi connectivity index (χ3n) is 3.69. The molecule has 0 atom stereocenters. The number of fused-ring (bicyclic) bond motifs is 1. The average molecular weight is 340 g/mol. The average Bonchev–Trinajstić information content (AvgIpc) is 2.83. The molecule has 118 valence electrons. The molecule has 0 saturated carbocycles. The summed E-state index contributed by atoms with van der Waals surface area (Å²) in [6.45, 7) is 3.92. The van der Waals surface area contributed by atoms with Gasteiger partial charge in [0.15, 0.2) is 0 Å². The van der Waals surface area contributed by atoms with E-state index >= 15 is 0 Å². The first kappa shape index (κ1) is 15.3. The molecular formula is C13H16N4O3S2. The molecule has 9 heteroatoms. The lowest BCUT2D eigenvalue weighted by Gasteiger charge is -2.27. The van der Waals surface area contributed by atoms with Gasteiger partial charge in [-0.15, -0.1) is 11.3 Å². The van der Waals surface area contributed by atoms with E-state index in [-0.39, 0.29) is 10.7 Å². The molecule has 1 aliphatic heterocycles. The van der Waals surface area contributed by atoms with E-state index < -0.39 is 9.84 Å². The van der Waals surface area contributed by atoms with Crippen LogP contribution in [-0.2, 0) is 29.3 Å². The summed E-state index contributed by atoms with van der Waals surface area (Å²) >= 11 is 1.60. The van der Waals surface area contributed by atoms with Crippen molar-refractivity contribution >= 4 is 21.2 Å². The summed E-state index contributed by atoms with van der Waals surface area (Å²) < 4.78 is 23.2. The summed E-state index contributed by atoms with van der Waals surface area (Å²) in [6, 6.07) is 0. The van der Waals surface area contributed by atoms with Crippen LogP contribution in [0.4, 0.5) is 0 Å².